The number of hydrogen-bond acceptors (Lipinski definition) is 6. The van der Waals surface area contributed by atoms with Gasteiger partial charge in [0.2, 0.25) is 0 Å². The molecule has 3 aromatic carbocycles. The maximum Gasteiger partial charge on any atom is 0.329 e. The highest BCUT2D eigenvalue weighted by Gasteiger charge is 2.17. The van der Waals surface area contributed by atoms with Crippen molar-refractivity contribution >= 4 is 35.3 Å². The first-order valence-corrected chi connectivity index (χ1v) is 11.0. The molecule has 0 unspecified atom stereocenters. The third-order valence-electron chi connectivity index (χ3n) is 4.62. The lowest BCUT2D eigenvalue weighted by atomic mass is 10.1. The summed E-state index contributed by atoms with van der Waals surface area (Å²) in [7, 11) is 0. The molecule has 0 aliphatic rings. The van der Waals surface area contributed by atoms with Crippen molar-refractivity contribution in [1.29, 1.82) is 0 Å². The van der Waals surface area contributed by atoms with E-state index in [0.29, 0.717) is 30.2 Å². The van der Waals surface area contributed by atoms with Gasteiger partial charge in [0.05, 0.1) is 30.7 Å². The zero-order chi connectivity index (χ0) is 25.0. The number of hydrogen-bond donors (Lipinski definition) is 3. The van der Waals surface area contributed by atoms with Gasteiger partial charge in [-0.2, -0.15) is 5.10 Å². The second-order valence-electron chi connectivity index (χ2n) is 7.11. The molecule has 0 fully saturated rings. The lowest BCUT2D eigenvalue weighted by molar-refractivity contribution is -0.136. The zero-order valence-corrected chi connectivity index (χ0v) is 19.4. The van der Waals surface area contributed by atoms with Crippen molar-refractivity contribution in [2.75, 3.05) is 23.8 Å². The third-order valence-corrected chi connectivity index (χ3v) is 4.62. The molecule has 3 aromatic rings. The van der Waals surface area contributed by atoms with Gasteiger partial charge in [-0.25, -0.2) is 5.43 Å². The number of nitrogens with zero attached hydrogens (tertiary/aromatic N) is 1. The molecule has 0 aliphatic carbocycles. The average molecular weight is 475 g/mol. The molecular weight excluding hydrogens is 448 g/mol. The molecule has 0 radical (unpaired) electrons. The summed E-state index contributed by atoms with van der Waals surface area (Å²) in [6, 6.07) is 20.3. The lowest BCUT2D eigenvalue weighted by Gasteiger charge is -2.11. The van der Waals surface area contributed by atoms with Crippen molar-refractivity contribution in [1.82, 2.24) is 5.43 Å². The molecular formula is C26H26N4O5. The first kappa shape index (κ1) is 25.0. The minimum atomic E-state index is -0.978. The molecule has 0 heterocycles. The molecule has 0 spiro atoms. The molecule has 0 saturated carbocycles. The van der Waals surface area contributed by atoms with Crippen molar-refractivity contribution in [2.45, 2.75) is 13.8 Å². The van der Waals surface area contributed by atoms with Crippen LogP contribution in [0, 0.1) is 0 Å². The summed E-state index contributed by atoms with van der Waals surface area (Å²) < 4.78 is 10.8. The van der Waals surface area contributed by atoms with Crippen LogP contribution in [0.25, 0.3) is 0 Å². The quantitative estimate of drug-likeness (QED) is 0.248. The second-order valence-corrected chi connectivity index (χ2v) is 7.11. The van der Waals surface area contributed by atoms with E-state index in [-0.39, 0.29) is 11.3 Å². The Hall–Kier alpha value is -4.66. The molecule has 3 amide bonds. The monoisotopic (exact) mass is 474 g/mol. The van der Waals surface area contributed by atoms with Crippen LogP contribution in [0.4, 0.5) is 11.4 Å². The molecule has 180 valence electrons. The van der Waals surface area contributed by atoms with Crippen LogP contribution in [-0.2, 0) is 9.59 Å². The first-order chi connectivity index (χ1) is 17.0. The molecule has 0 bridgehead atoms. The Morgan fingerprint density at radius 2 is 1.37 bits per heavy atom. The number of rotatable bonds is 9. The molecule has 35 heavy (non-hydrogen) atoms. The number of para-hydroxylation sites is 1. The van der Waals surface area contributed by atoms with E-state index < -0.39 is 17.7 Å². The molecule has 0 aromatic heterocycles. The molecule has 0 atom stereocenters. The predicted octanol–water partition coefficient (Wildman–Crippen LogP) is 3.83. The molecule has 3 N–H and O–H groups in total. The Labute approximate surface area is 203 Å². The predicted molar refractivity (Wildman–Crippen MR) is 134 cm³/mol. The van der Waals surface area contributed by atoms with E-state index in [2.05, 4.69) is 21.2 Å². The van der Waals surface area contributed by atoms with Crippen LogP contribution >= 0.6 is 0 Å². The van der Waals surface area contributed by atoms with Crippen LogP contribution in [-0.4, -0.2) is 37.1 Å². The van der Waals surface area contributed by atoms with E-state index in [1.807, 2.05) is 13.8 Å². The second kappa shape index (κ2) is 12.5. The van der Waals surface area contributed by atoms with E-state index in [1.165, 1.54) is 12.3 Å². The van der Waals surface area contributed by atoms with Gasteiger partial charge in [0.1, 0.15) is 11.5 Å². The van der Waals surface area contributed by atoms with Gasteiger partial charge in [0.15, 0.2) is 0 Å². The van der Waals surface area contributed by atoms with Crippen molar-refractivity contribution in [2.24, 2.45) is 5.10 Å². The number of benzene rings is 3. The largest absolute Gasteiger partial charge is 0.494 e. The van der Waals surface area contributed by atoms with Crippen LogP contribution < -0.4 is 25.5 Å². The Balaban J connectivity index is 1.58. The minimum absolute atomic E-state index is 0.187. The van der Waals surface area contributed by atoms with Gasteiger partial charge in [0, 0.05) is 5.69 Å². The van der Waals surface area contributed by atoms with Crippen LogP contribution in [0.5, 0.6) is 11.5 Å². The maximum atomic E-state index is 12.8. The van der Waals surface area contributed by atoms with E-state index >= 15 is 0 Å². The van der Waals surface area contributed by atoms with Crippen molar-refractivity contribution in [3.8, 4) is 11.5 Å². The minimum Gasteiger partial charge on any atom is -0.494 e. The number of hydrazone groups is 1. The van der Waals surface area contributed by atoms with Crippen LogP contribution in [0.2, 0.25) is 0 Å². The van der Waals surface area contributed by atoms with Gasteiger partial charge in [0.25, 0.3) is 5.91 Å². The van der Waals surface area contributed by atoms with E-state index in [0.717, 1.165) is 5.75 Å². The first-order valence-electron chi connectivity index (χ1n) is 11.0. The molecule has 0 aliphatic heterocycles. The van der Waals surface area contributed by atoms with Crippen molar-refractivity contribution in [3.05, 3.63) is 83.9 Å². The lowest BCUT2D eigenvalue weighted by Crippen LogP contribution is -2.33. The summed E-state index contributed by atoms with van der Waals surface area (Å²) in [6.07, 6.45) is 1.40. The summed E-state index contributed by atoms with van der Waals surface area (Å²) in [4.78, 5) is 37.3. The van der Waals surface area contributed by atoms with Gasteiger partial charge in [-0.15, -0.1) is 0 Å². The fourth-order valence-corrected chi connectivity index (χ4v) is 3.00. The number of carbonyl (C=O) groups excluding carboxylic acids is 3. The van der Waals surface area contributed by atoms with Gasteiger partial charge in [-0.1, -0.05) is 12.1 Å². The van der Waals surface area contributed by atoms with Gasteiger partial charge < -0.3 is 20.1 Å². The fraction of sp³-hybridized carbons (Fsp3) is 0.154. The zero-order valence-electron chi connectivity index (χ0n) is 19.4. The highest BCUT2D eigenvalue weighted by molar-refractivity contribution is 6.40. The van der Waals surface area contributed by atoms with Crippen molar-refractivity contribution < 1.29 is 23.9 Å². The molecule has 0 saturated heterocycles. The smallest absolute Gasteiger partial charge is 0.329 e. The van der Waals surface area contributed by atoms with Gasteiger partial charge in [-0.05, 0) is 80.1 Å². The average Bonchev–Trinajstić information content (AvgIpc) is 2.87. The van der Waals surface area contributed by atoms with Gasteiger partial charge in [-0.3, -0.25) is 14.4 Å². The summed E-state index contributed by atoms with van der Waals surface area (Å²) in [5.74, 6) is -0.976. The highest BCUT2D eigenvalue weighted by atomic mass is 16.5. The molecule has 3 rings (SSSR count). The van der Waals surface area contributed by atoms with Crippen LogP contribution in [0.15, 0.2) is 77.9 Å². The topological polar surface area (TPSA) is 118 Å². The van der Waals surface area contributed by atoms with Crippen LogP contribution in [0.1, 0.15) is 29.8 Å². The van der Waals surface area contributed by atoms with Crippen molar-refractivity contribution in [3.63, 3.8) is 0 Å². The Kier molecular flexibility index (Phi) is 8.95. The number of amides is 3. The number of anilines is 2. The van der Waals surface area contributed by atoms with E-state index in [9.17, 15) is 14.4 Å². The maximum absolute atomic E-state index is 12.8. The van der Waals surface area contributed by atoms with E-state index in [1.54, 1.807) is 66.7 Å². The summed E-state index contributed by atoms with van der Waals surface area (Å²) in [6.45, 7) is 4.88. The summed E-state index contributed by atoms with van der Waals surface area (Å²) >= 11 is 0. The van der Waals surface area contributed by atoms with Crippen LogP contribution in [0.3, 0.4) is 0 Å². The highest BCUT2D eigenvalue weighted by Crippen LogP contribution is 2.20. The Morgan fingerprint density at radius 1 is 0.771 bits per heavy atom. The third kappa shape index (κ3) is 7.43. The van der Waals surface area contributed by atoms with E-state index in [4.69, 9.17) is 9.47 Å². The normalized spacial score (nSPS) is 10.5. The molecule has 9 heteroatoms. The number of carbonyl (C=O) groups is 3. The number of nitrogens with one attached hydrogen (secondary N) is 3. The fourth-order valence-electron chi connectivity index (χ4n) is 3.00. The number of ether oxygens (including phenoxy) is 2. The SMILES string of the molecule is CCOc1ccc(/C=N/NC(=O)C(=O)Nc2ccccc2C(=O)Nc2ccc(OCC)cc2)cc1. The Bertz CT molecular complexity index is 1190. The standard InChI is InChI=1S/C26H26N4O5/c1-3-34-20-13-9-18(10-14-20)17-27-30-26(33)25(32)29-23-8-6-5-7-22(23)24(31)28-19-11-15-21(16-12-19)35-4-2/h5-17H,3-4H2,1-2H3,(H,28,31)(H,29,32)(H,30,33)/b27-17+. The Morgan fingerprint density at radius 3 is 2.00 bits per heavy atom. The molecule has 9 nitrogen and oxygen atoms in total. The summed E-state index contributed by atoms with van der Waals surface area (Å²) in [5.41, 5.74) is 3.82. The summed E-state index contributed by atoms with van der Waals surface area (Å²) in [5, 5.41) is 9.00. The van der Waals surface area contributed by atoms with Gasteiger partial charge >= 0.3 is 11.8 Å².